The van der Waals surface area contributed by atoms with Gasteiger partial charge in [0.25, 0.3) is 0 Å². The Bertz CT molecular complexity index is 311. The molecule has 13 heavy (non-hydrogen) atoms. The van der Waals surface area contributed by atoms with Crippen LogP contribution in [-0.2, 0) is 5.54 Å². The third-order valence-electron chi connectivity index (χ3n) is 2.67. The van der Waals surface area contributed by atoms with E-state index in [1.807, 2.05) is 0 Å². The summed E-state index contributed by atoms with van der Waals surface area (Å²) in [5.41, 5.74) is -0.243. The van der Waals surface area contributed by atoms with E-state index in [2.05, 4.69) is 5.32 Å². The molecule has 0 bridgehead atoms. The molecular formula is C10H11F2N. The molecule has 2 rings (SSSR count). The van der Waals surface area contributed by atoms with Gasteiger partial charge in [-0.15, -0.1) is 0 Å². The SMILES string of the molecule is CNC1(c2c(F)cccc2F)CC1. The molecule has 0 unspecified atom stereocenters. The number of halogens is 2. The summed E-state index contributed by atoms with van der Waals surface area (Å²) >= 11 is 0. The molecule has 0 radical (unpaired) electrons. The topological polar surface area (TPSA) is 12.0 Å². The summed E-state index contributed by atoms with van der Waals surface area (Å²) in [4.78, 5) is 0. The summed E-state index contributed by atoms with van der Waals surface area (Å²) in [6.45, 7) is 0. The van der Waals surface area contributed by atoms with Crippen molar-refractivity contribution in [2.45, 2.75) is 18.4 Å². The first-order valence-electron chi connectivity index (χ1n) is 4.33. The smallest absolute Gasteiger partial charge is 0.131 e. The molecule has 0 saturated heterocycles. The standard InChI is InChI=1S/C10H11F2N/c1-13-10(5-6-10)9-7(11)3-2-4-8(9)12/h2-4,13H,5-6H2,1H3. The number of nitrogens with one attached hydrogen (secondary N) is 1. The lowest BCUT2D eigenvalue weighted by Crippen LogP contribution is -2.27. The molecule has 1 fully saturated rings. The largest absolute Gasteiger partial charge is 0.310 e. The van der Waals surface area contributed by atoms with Crippen LogP contribution in [0.25, 0.3) is 0 Å². The minimum absolute atomic E-state index is 0.192. The lowest BCUT2D eigenvalue weighted by Gasteiger charge is -2.15. The van der Waals surface area contributed by atoms with Gasteiger partial charge in [-0.2, -0.15) is 0 Å². The first-order valence-corrected chi connectivity index (χ1v) is 4.33. The van der Waals surface area contributed by atoms with Crippen molar-refractivity contribution >= 4 is 0 Å². The van der Waals surface area contributed by atoms with Gasteiger partial charge < -0.3 is 5.32 Å². The van der Waals surface area contributed by atoms with Crippen LogP contribution in [0.2, 0.25) is 0 Å². The lowest BCUT2D eigenvalue weighted by atomic mass is 10.0. The fourth-order valence-corrected chi connectivity index (χ4v) is 1.70. The molecule has 0 aromatic heterocycles. The quantitative estimate of drug-likeness (QED) is 0.741. The van der Waals surface area contributed by atoms with Crippen LogP contribution in [0.5, 0.6) is 0 Å². The van der Waals surface area contributed by atoms with Gasteiger partial charge in [0, 0.05) is 11.1 Å². The molecule has 1 aromatic carbocycles. The van der Waals surface area contributed by atoms with Gasteiger partial charge in [-0.3, -0.25) is 0 Å². The maximum atomic E-state index is 13.3. The van der Waals surface area contributed by atoms with E-state index in [4.69, 9.17) is 0 Å². The molecule has 0 spiro atoms. The number of benzene rings is 1. The Morgan fingerprint density at radius 3 is 2.15 bits per heavy atom. The van der Waals surface area contributed by atoms with Crippen LogP contribution in [0.1, 0.15) is 18.4 Å². The Kier molecular flexibility index (Phi) is 1.84. The predicted molar refractivity (Wildman–Crippen MR) is 46.3 cm³/mol. The van der Waals surface area contributed by atoms with E-state index in [9.17, 15) is 8.78 Å². The Balaban J connectivity index is 2.50. The van der Waals surface area contributed by atoms with Gasteiger partial charge in [-0.05, 0) is 32.0 Å². The number of rotatable bonds is 2. The summed E-state index contributed by atoms with van der Waals surface area (Å²) in [5.74, 6) is -0.904. The fraction of sp³-hybridized carbons (Fsp3) is 0.400. The number of hydrogen-bond acceptors (Lipinski definition) is 1. The van der Waals surface area contributed by atoms with Crippen molar-refractivity contribution in [2.24, 2.45) is 0 Å². The van der Waals surface area contributed by atoms with Crippen molar-refractivity contribution in [3.63, 3.8) is 0 Å². The third kappa shape index (κ3) is 1.23. The molecule has 0 atom stereocenters. The Morgan fingerprint density at radius 2 is 1.77 bits per heavy atom. The molecule has 70 valence electrons. The van der Waals surface area contributed by atoms with Crippen molar-refractivity contribution in [2.75, 3.05) is 7.05 Å². The summed E-state index contributed by atoms with van der Waals surface area (Å²) in [6.07, 6.45) is 1.61. The average Bonchev–Trinajstić information content (AvgIpc) is 2.85. The van der Waals surface area contributed by atoms with Crippen LogP contribution in [0.4, 0.5) is 8.78 Å². The van der Waals surface area contributed by atoms with E-state index in [0.717, 1.165) is 12.8 Å². The molecule has 1 saturated carbocycles. The van der Waals surface area contributed by atoms with Crippen LogP contribution < -0.4 is 5.32 Å². The van der Waals surface area contributed by atoms with Crippen LogP contribution in [0.15, 0.2) is 18.2 Å². The predicted octanol–water partition coefficient (Wildman–Crippen LogP) is 2.17. The fourth-order valence-electron chi connectivity index (χ4n) is 1.70. The summed E-state index contributed by atoms with van der Waals surface area (Å²) in [5, 5.41) is 2.97. The van der Waals surface area contributed by atoms with Crippen molar-refractivity contribution in [1.29, 1.82) is 0 Å². The first kappa shape index (κ1) is 8.63. The van der Waals surface area contributed by atoms with E-state index >= 15 is 0 Å². The maximum Gasteiger partial charge on any atom is 0.131 e. The second kappa shape index (κ2) is 2.77. The van der Waals surface area contributed by atoms with Crippen LogP contribution in [0, 0.1) is 11.6 Å². The molecule has 0 heterocycles. The molecule has 1 aliphatic carbocycles. The lowest BCUT2D eigenvalue weighted by molar-refractivity contribution is 0.480. The molecule has 1 aromatic rings. The highest BCUT2D eigenvalue weighted by Gasteiger charge is 2.46. The molecule has 1 nitrogen and oxygen atoms in total. The Labute approximate surface area is 75.8 Å². The van der Waals surface area contributed by atoms with Gasteiger partial charge in [0.15, 0.2) is 0 Å². The average molecular weight is 183 g/mol. The summed E-state index contributed by atoms with van der Waals surface area (Å²) in [7, 11) is 1.74. The molecule has 1 N–H and O–H groups in total. The van der Waals surface area contributed by atoms with Gasteiger partial charge in [-0.25, -0.2) is 8.78 Å². The zero-order valence-electron chi connectivity index (χ0n) is 7.40. The van der Waals surface area contributed by atoms with Gasteiger partial charge in [0.2, 0.25) is 0 Å². The second-order valence-electron chi connectivity index (χ2n) is 3.43. The van der Waals surface area contributed by atoms with E-state index in [0.29, 0.717) is 0 Å². The highest BCUT2D eigenvalue weighted by atomic mass is 19.1. The Hall–Kier alpha value is -0.960. The van der Waals surface area contributed by atoms with Gasteiger partial charge in [0.05, 0.1) is 0 Å². The van der Waals surface area contributed by atoms with Gasteiger partial charge in [0.1, 0.15) is 11.6 Å². The molecular weight excluding hydrogens is 172 g/mol. The number of hydrogen-bond donors (Lipinski definition) is 1. The van der Waals surface area contributed by atoms with Crippen molar-refractivity contribution in [1.82, 2.24) is 5.32 Å². The minimum atomic E-state index is -0.452. The summed E-state index contributed by atoms with van der Waals surface area (Å²) < 4.78 is 26.6. The Morgan fingerprint density at radius 1 is 1.23 bits per heavy atom. The van der Waals surface area contributed by atoms with E-state index in [1.54, 1.807) is 7.05 Å². The highest BCUT2D eigenvalue weighted by molar-refractivity contribution is 5.32. The van der Waals surface area contributed by atoms with Crippen LogP contribution in [-0.4, -0.2) is 7.05 Å². The zero-order chi connectivity index (χ0) is 9.47. The maximum absolute atomic E-state index is 13.3. The molecule has 0 aliphatic heterocycles. The van der Waals surface area contributed by atoms with E-state index in [-0.39, 0.29) is 5.56 Å². The van der Waals surface area contributed by atoms with Crippen molar-refractivity contribution in [3.05, 3.63) is 35.4 Å². The van der Waals surface area contributed by atoms with Crippen molar-refractivity contribution < 1.29 is 8.78 Å². The monoisotopic (exact) mass is 183 g/mol. The molecule has 3 heteroatoms. The highest BCUT2D eigenvalue weighted by Crippen LogP contribution is 2.46. The molecule has 1 aliphatic rings. The van der Waals surface area contributed by atoms with Gasteiger partial charge >= 0.3 is 0 Å². The van der Waals surface area contributed by atoms with Crippen molar-refractivity contribution in [3.8, 4) is 0 Å². The molecule has 0 amide bonds. The second-order valence-corrected chi connectivity index (χ2v) is 3.43. The first-order chi connectivity index (χ1) is 6.19. The third-order valence-corrected chi connectivity index (χ3v) is 2.67. The van der Waals surface area contributed by atoms with Crippen LogP contribution >= 0.6 is 0 Å². The normalized spacial score (nSPS) is 18.7. The van der Waals surface area contributed by atoms with Gasteiger partial charge in [-0.1, -0.05) is 6.07 Å². The minimum Gasteiger partial charge on any atom is -0.310 e. The van der Waals surface area contributed by atoms with E-state index in [1.165, 1.54) is 18.2 Å². The summed E-state index contributed by atoms with van der Waals surface area (Å²) in [6, 6.07) is 3.99. The zero-order valence-corrected chi connectivity index (χ0v) is 7.40. The van der Waals surface area contributed by atoms with E-state index < -0.39 is 17.2 Å². The van der Waals surface area contributed by atoms with Crippen LogP contribution in [0.3, 0.4) is 0 Å².